The summed E-state index contributed by atoms with van der Waals surface area (Å²) in [4.78, 5) is 12.5. The van der Waals surface area contributed by atoms with Crippen molar-refractivity contribution in [2.24, 2.45) is 0 Å². The van der Waals surface area contributed by atoms with Crippen LogP contribution in [-0.4, -0.2) is 30.7 Å². The van der Waals surface area contributed by atoms with Gasteiger partial charge in [0.25, 0.3) is 0 Å². The molecular weight excluding hydrogens is 248 g/mol. The molecule has 1 fully saturated rings. The van der Waals surface area contributed by atoms with E-state index in [1.54, 1.807) is 6.92 Å². The molecule has 0 amide bonds. The van der Waals surface area contributed by atoms with Crippen LogP contribution in [0.15, 0.2) is 11.3 Å². The largest absolute Gasteiger partial charge is 0.462 e. The average molecular weight is 270 g/mol. The van der Waals surface area contributed by atoms with Crippen LogP contribution < -0.4 is 10.6 Å². The number of allylic oxidation sites excluding steroid dienone is 1. The van der Waals surface area contributed by atoms with E-state index in [1.807, 2.05) is 0 Å². The minimum Gasteiger partial charge on any atom is -0.462 e. The Morgan fingerprint density at radius 2 is 2.28 bits per heavy atom. The molecule has 0 aromatic heterocycles. The topological polar surface area (TPSA) is 50.4 Å². The van der Waals surface area contributed by atoms with E-state index in [4.69, 9.17) is 17.0 Å². The zero-order chi connectivity index (χ0) is 13.4. The smallest absolute Gasteiger partial charge is 0.342 e. The fraction of sp³-hybridized carbons (Fsp3) is 0.692. The van der Waals surface area contributed by atoms with Crippen LogP contribution in [0.1, 0.15) is 39.5 Å². The summed E-state index contributed by atoms with van der Waals surface area (Å²) >= 11 is 5.31. The van der Waals surface area contributed by atoms with E-state index in [1.165, 1.54) is 0 Å². The molecule has 1 aliphatic heterocycles. The average Bonchev–Trinajstić information content (AvgIpc) is 2.83. The lowest BCUT2D eigenvalue weighted by Crippen LogP contribution is -2.31. The molecule has 0 radical (unpaired) electrons. The van der Waals surface area contributed by atoms with E-state index in [9.17, 15) is 4.79 Å². The Balaban J connectivity index is 2.74. The Hall–Kier alpha value is -1.10. The molecular formula is C13H22N2O2S. The molecule has 0 spiro atoms. The van der Waals surface area contributed by atoms with Gasteiger partial charge < -0.3 is 15.4 Å². The van der Waals surface area contributed by atoms with Crippen molar-refractivity contribution in [2.45, 2.75) is 39.5 Å². The fourth-order valence-electron chi connectivity index (χ4n) is 1.83. The summed E-state index contributed by atoms with van der Waals surface area (Å²) in [6, 6.07) is 0. The normalized spacial score (nSPS) is 17.0. The summed E-state index contributed by atoms with van der Waals surface area (Å²) in [6.07, 6.45) is 4.04. The molecule has 0 aliphatic carbocycles. The molecule has 2 N–H and O–H groups in total. The minimum atomic E-state index is -0.323. The summed E-state index contributed by atoms with van der Waals surface area (Å²) < 4.78 is 5.08. The number of unbranched alkanes of at least 4 members (excludes halogenated alkanes) is 1. The number of rotatable bonds is 6. The summed E-state index contributed by atoms with van der Waals surface area (Å²) in [7, 11) is 0. The highest BCUT2D eigenvalue weighted by Gasteiger charge is 2.23. The first-order valence-corrected chi connectivity index (χ1v) is 7.03. The maximum atomic E-state index is 12.0. The Bertz CT molecular complexity index is 332. The molecule has 1 heterocycles. The van der Waals surface area contributed by atoms with E-state index >= 15 is 0 Å². The Morgan fingerprint density at radius 1 is 1.50 bits per heavy atom. The number of nitrogens with one attached hydrogen (secondary N) is 2. The van der Waals surface area contributed by atoms with Crippen LogP contribution in [0.2, 0.25) is 0 Å². The molecule has 0 saturated carbocycles. The third-order valence-corrected chi connectivity index (χ3v) is 3.11. The van der Waals surface area contributed by atoms with Crippen molar-refractivity contribution in [3.8, 4) is 0 Å². The van der Waals surface area contributed by atoms with Crippen molar-refractivity contribution >= 4 is 23.2 Å². The van der Waals surface area contributed by atoms with Crippen molar-refractivity contribution in [3.63, 3.8) is 0 Å². The quantitative estimate of drug-likeness (QED) is 0.334. The second kappa shape index (κ2) is 8.08. The number of carbonyl (C=O) groups excluding carboxylic acids is 1. The van der Waals surface area contributed by atoms with Crippen LogP contribution in [0.5, 0.6) is 0 Å². The van der Waals surface area contributed by atoms with Gasteiger partial charge in [-0.25, -0.2) is 4.79 Å². The molecule has 0 aromatic carbocycles. The van der Waals surface area contributed by atoms with Crippen molar-refractivity contribution in [3.05, 3.63) is 11.3 Å². The van der Waals surface area contributed by atoms with Gasteiger partial charge in [-0.3, -0.25) is 0 Å². The zero-order valence-electron chi connectivity index (χ0n) is 11.2. The first-order chi connectivity index (χ1) is 8.70. The lowest BCUT2D eigenvalue weighted by atomic mass is 10.1. The van der Waals surface area contributed by atoms with E-state index in [0.717, 1.165) is 44.5 Å². The van der Waals surface area contributed by atoms with Crippen LogP contribution in [0.25, 0.3) is 0 Å². The molecule has 4 nitrogen and oxygen atoms in total. The lowest BCUT2D eigenvalue weighted by Gasteiger charge is -2.13. The lowest BCUT2D eigenvalue weighted by molar-refractivity contribution is -0.137. The molecule has 0 aromatic rings. The van der Waals surface area contributed by atoms with Gasteiger partial charge in [0.1, 0.15) is 10.6 Å². The molecule has 0 bridgehead atoms. The van der Waals surface area contributed by atoms with Crippen LogP contribution >= 0.6 is 12.2 Å². The van der Waals surface area contributed by atoms with E-state index in [-0.39, 0.29) is 5.97 Å². The molecule has 1 saturated heterocycles. The van der Waals surface area contributed by atoms with Crippen molar-refractivity contribution in [1.29, 1.82) is 0 Å². The van der Waals surface area contributed by atoms with E-state index in [2.05, 4.69) is 17.6 Å². The first-order valence-electron chi connectivity index (χ1n) is 6.63. The summed E-state index contributed by atoms with van der Waals surface area (Å²) in [5.74, 6) is -0.323. The molecule has 0 unspecified atom stereocenters. The van der Waals surface area contributed by atoms with Gasteiger partial charge >= 0.3 is 5.97 Å². The van der Waals surface area contributed by atoms with Crippen LogP contribution in [0, 0.1) is 0 Å². The standard InChI is InChI=1S/C13H22N2O2S/c1-3-5-8-15-12(18)11(13(16)17-4-2)10-7-6-9-14-10/h14H,3-9H2,1-2H3,(H,15,18)/b11-10-. The summed E-state index contributed by atoms with van der Waals surface area (Å²) in [5.41, 5.74) is 1.43. The fourth-order valence-corrected chi connectivity index (χ4v) is 2.14. The van der Waals surface area contributed by atoms with Crippen LogP contribution in [0.4, 0.5) is 0 Å². The second-order valence-electron chi connectivity index (χ2n) is 4.21. The Labute approximate surface area is 114 Å². The highest BCUT2D eigenvalue weighted by molar-refractivity contribution is 7.80. The van der Waals surface area contributed by atoms with Gasteiger partial charge in [0.15, 0.2) is 0 Å². The number of hydrogen-bond acceptors (Lipinski definition) is 4. The van der Waals surface area contributed by atoms with Gasteiger partial charge in [-0.15, -0.1) is 0 Å². The molecule has 1 rings (SSSR count). The van der Waals surface area contributed by atoms with Crippen molar-refractivity contribution < 1.29 is 9.53 Å². The number of esters is 1. The Morgan fingerprint density at radius 3 is 2.83 bits per heavy atom. The van der Waals surface area contributed by atoms with Gasteiger partial charge in [-0.2, -0.15) is 0 Å². The van der Waals surface area contributed by atoms with Gasteiger partial charge in [0.2, 0.25) is 0 Å². The highest BCUT2D eigenvalue weighted by atomic mass is 32.1. The molecule has 5 heteroatoms. The molecule has 18 heavy (non-hydrogen) atoms. The highest BCUT2D eigenvalue weighted by Crippen LogP contribution is 2.16. The summed E-state index contributed by atoms with van der Waals surface area (Å²) in [6.45, 7) is 5.98. The molecule has 0 atom stereocenters. The maximum absolute atomic E-state index is 12.0. The van der Waals surface area contributed by atoms with Crippen LogP contribution in [-0.2, 0) is 9.53 Å². The second-order valence-corrected chi connectivity index (χ2v) is 4.62. The van der Waals surface area contributed by atoms with E-state index in [0.29, 0.717) is 17.2 Å². The van der Waals surface area contributed by atoms with Crippen LogP contribution in [0.3, 0.4) is 0 Å². The SMILES string of the molecule is CCCCNC(=S)/C(C(=O)OCC)=C1\CCCN1. The number of hydrogen-bond donors (Lipinski definition) is 2. The van der Waals surface area contributed by atoms with E-state index < -0.39 is 0 Å². The summed E-state index contributed by atoms with van der Waals surface area (Å²) in [5, 5.41) is 6.35. The predicted molar refractivity (Wildman–Crippen MR) is 76.4 cm³/mol. The van der Waals surface area contributed by atoms with Gasteiger partial charge in [-0.1, -0.05) is 25.6 Å². The number of ether oxygens (including phenoxy) is 1. The molecule has 102 valence electrons. The number of carbonyl (C=O) groups is 1. The van der Waals surface area contributed by atoms with Gasteiger partial charge in [0.05, 0.1) is 6.61 Å². The van der Waals surface area contributed by atoms with Gasteiger partial charge in [-0.05, 0) is 26.2 Å². The Kier molecular flexibility index (Phi) is 6.72. The van der Waals surface area contributed by atoms with Crippen molar-refractivity contribution in [1.82, 2.24) is 10.6 Å². The third kappa shape index (κ3) is 4.29. The zero-order valence-corrected chi connectivity index (χ0v) is 12.0. The van der Waals surface area contributed by atoms with Gasteiger partial charge in [0, 0.05) is 18.8 Å². The minimum absolute atomic E-state index is 0.323. The first kappa shape index (κ1) is 15.0. The predicted octanol–water partition coefficient (Wildman–Crippen LogP) is 1.90. The third-order valence-electron chi connectivity index (χ3n) is 2.77. The van der Waals surface area contributed by atoms with Crippen molar-refractivity contribution in [2.75, 3.05) is 19.7 Å². The maximum Gasteiger partial charge on any atom is 0.342 e. The molecule has 1 aliphatic rings. The monoisotopic (exact) mass is 270 g/mol. The number of thiocarbonyl (C=S) groups is 1.